The van der Waals surface area contributed by atoms with Crippen LogP contribution >= 0.6 is 46.4 Å². The highest BCUT2D eigenvalue weighted by Crippen LogP contribution is 2.50. The smallest absolute Gasteiger partial charge is 0.283 e. The Morgan fingerprint density at radius 3 is 1.86 bits per heavy atom. The molecule has 0 aliphatic carbocycles. The molecule has 0 aromatic heterocycles. The zero-order valence-electron chi connectivity index (χ0n) is 14.3. The van der Waals surface area contributed by atoms with Crippen molar-refractivity contribution in [3.05, 3.63) is 91.4 Å². The molecule has 152 valence electrons. The molecule has 3 aromatic carbocycles. The van der Waals surface area contributed by atoms with E-state index in [-0.39, 0.29) is 42.5 Å². The molecule has 3 N–H and O–H groups in total. The molecule has 1 unspecified atom stereocenters. The van der Waals surface area contributed by atoms with Crippen molar-refractivity contribution in [1.82, 2.24) is 0 Å². The fraction of sp³-hybridized carbons (Fsp3) is 0.0526. The Bertz CT molecular complexity index is 1170. The third-order valence-electron chi connectivity index (χ3n) is 4.35. The van der Waals surface area contributed by atoms with Crippen molar-refractivity contribution >= 4 is 56.5 Å². The number of rotatable bonds is 4. The lowest BCUT2D eigenvalue weighted by atomic mass is 9.83. The van der Waals surface area contributed by atoms with Crippen LogP contribution in [0.25, 0.3) is 0 Å². The molecular formula is C19H12Cl4O5S. The van der Waals surface area contributed by atoms with Crippen LogP contribution in [0.1, 0.15) is 16.7 Å². The summed E-state index contributed by atoms with van der Waals surface area (Å²) in [4.78, 5) is 0. The Balaban J connectivity index is 2.61. The van der Waals surface area contributed by atoms with Gasteiger partial charge in [0.15, 0.2) is 4.75 Å². The molecule has 29 heavy (non-hydrogen) atoms. The summed E-state index contributed by atoms with van der Waals surface area (Å²) in [5, 5.41) is 20.4. The average Bonchev–Trinajstić information content (AvgIpc) is 2.59. The van der Waals surface area contributed by atoms with Gasteiger partial charge >= 0.3 is 0 Å². The van der Waals surface area contributed by atoms with Gasteiger partial charge in [-0.3, -0.25) is 4.55 Å². The van der Waals surface area contributed by atoms with Crippen LogP contribution in [0.5, 0.6) is 11.5 Å². The fourth-order valence-electron chi connectivity index (χ4n) is 3.22. The van der Waals surface area contributed by atoms with Crippen molar-refractivity contribution in [2.45, 2.75) is 4.75 Å². The minimum Gasteiger partial charge on any atom is -0.508 e. The molecule has 3 aromatic rings. The van der Waals surface area contributed by atoms with Gasteiger partial charge in [-0.1, -0.05) is 64.6 Å². The summed E-state index contributed by atoms with van der Waals surface area (Å²) in [5.41, 5.74) is -0.484. The zero-order chi connectivity index (χ0) is 21.6. The molecule has 0 radical (unpaired) electrons. The van der Waals surface area contributed by atoms with Crippen LogP contribution in [0.4, 0.5) is 0 Å². The maximum atomic E-state index is 12.9. The van der Waals surface area contributed by atoms with E-state index in [2.05, 4.69) is 0 Å². The lowest BCUT2D eigenvalue weighted by Gasteiger charge is -2.33. The first-order chi connectivity index (χ1) is 13.5. The normalized spacial score (nSPS) is 13.8. The van der Waals surface area contributed by atoms with Crippen LogP contribution in [-0.2, 0) is 14.9 Å². The third kappa shape index (κ3) is 3.77. The summed E-state index contributed by atoms with van der Waals surface area (Å²) in [6, 6.07) is 11.4. The van der Waals surface area contributed by atoms with E-state index in [4.69, 9.17) is 46.4 Å². The second-order valence-electron chi connectivity index (χ2n) is 6.13. The van der Waals surface area contributed by atoms with E-state index in [1.54, 1.807) is 0 Å². The van der Waals surface area contributed by atoms with Gasteiger partial charge in [0.2, 0.25) is 0 Å². The number of hydrogen-bond donors (Lipinski definition) is 3. The standard InChI is InChI=1S/C19H12Cl4O5S/c20-12-5-10(6-13(24)9-12)19(29(26,27)28,14-3-1-2-4-17(14)25)11-7-15(21)18(23)16(22)8-11/h1-9,24-25H,(H,26,27,28). The second-order valence-corrected chi connectivity index (χ2v) is 9.32. The van der Waals surface area contributed by atoms with E-state index in [1.807, 2.05) is 0 Å². The summed E-state index contributed by atoms with van der Waals surface area (Å²) in [7, 11) is -5.08. The van der Waals surface area contributed by atoms with Crippen molar-refractivity contribution in [2.24, 2.45) is 0 Å². The second kappa shape index (κ2) is 7.87. The van der Waals surface area contributed by atoms with Crippen molar-refractivity contribution in [3.63, 3.8) is 0 Å². The summed E-state index contributed by atoms with van der Waals surface area (Å²) in [6.45, 7) is 0. The van der Waals surface area contributed by atoms with Crippen LogP contribution in [-0.4, -0.2) is 23.2 Å². The van der Waals surface area contributed by atoms with Crippen molar-refractivity contribution < 1.29 is 23.2 Å². The minimum atomic E-state index is -5.08. The molecule has 0 bridgehead atoms. The summed E-state index contributed by atoms with van der Waals surface area (Å²) in [6.07, 6.45) is 0. The molecule has 0 saturated carbocycles. The van der Waals surface area contributed by atoms with E-state index in [0.29, 0.717) is 0 Å². The predicted molar refractivity (Wildman–Crippen MR) is 114 cm³/mol. The van der Waals surface area contributed by atoms with Crippen LogP contribution in [0, 0.1) is 0 Å². The number of benzene rings is 3. The molecular weight excluding hydrogens is 482 g/mol. The molecule has 3 rings (SSSR count). The van der Waals surface area contributed by atoms with Gasteiger partial charge in [0, 0.05) is 10.6 Å². The average molecular weight is 494 g/mol. The summed E-state index contributed by atoms with van der Waals surface area (Å²) < 4.78 is 33.9. The van der Waals surface area contributed by atoms with E-state index >= 15 is 0 Å². The summed E-state index contributed by atoms with van der Waals surface area (Å²) in [5.74, 6) is -0.797. The molecule has 5 nitrogen and oxygen atoms in total. The molecule has 0 spiro atoms. The Hall–Kier alpha value is -1.67. The maximum absolute atomic E-state index is 12.9. The molecule has 0 aliphatic heterocycles. The van der Waals surface area contributed by atoms with Gasteiger partial charge in [0.1, 0.15) is 11.5 Å². The van der Waals surface area contributed by atoms with E-state index in [1.165, 1.54) is 48.5 Å². The van der Waals surface area contributed by atoms with Gasteiger partial charge in [-0.2, -0.15) is 8.42 Å². The Morgan fingerprint density at radius 2 is 1.34 bits per heavy atom. The SMILES string of the molecule is O=S(=O)(O)C(c1cc(O)cc(Cl)c1)(c1cc(Cl)c(Cl)c(Cl)c1)c1ccccc1O. The van der Waals surface area contributed by atoms with E-state index in [0.717, 1.165) is 6.07 Å². The number of halogens is 4. The van der Waals surface area contributed by atoms with Crippen LogP contribution < -0.4 is 0 Å². The number of aromatic hydroxyl groups is 2. The molecule has 0 heterocycles. The summed E-state index contributed by atoms with van der Waals surface area (Å²) >= 11 is 24.3. The van der Waals surface area contributed by atoms with Gasteiger partial charge in [-0.25, -0.2) is 0 Å². The molecule has 10 heteroatoms. The first kappa shape index (κ1) is 22.0. The van der Waals surface area contributed by atoms with E-state index in [9.17, 15) is 23.2 Å². The number of phenols is 2. The predicted octanol–water partition coefficient (Wildman–Crippen LogP) is 5.89. The van der Waals surface area contributed by atoms with Gasteiger partial charge < -0.3 is 10.2 Å². The first-order valence-electron chi connectivity index (χ1n) is 7.89. The van der Waals surface area contributed by atoms with Crippen molar-refractivity contribution in [1.29, 1.82) is 0 Å². The quantitative estimate of drug-likeness (QED) is 0.239. The molecule has 0 saturated heterocycles. The van der Waals surface area contributed by atoms with Crippen LogP contribution in [0.3, 0.4) is 0 Å². The molecule has 0 aliphatic rings. The third-order valence-corrected chi connectivity index (χ3v) is 7.23. The highest BCUT2D eigenvalue weighted by molar-refractivity contribution is 7.87. The highest BCUT2D eigenvalue weighted by atomic mass is 35.5. The van der Waals surface area contributed by atoms with E-state index < -0.39 is 20.6 Å². The fourth-order valence-corrected chi connectivity index (χ4v) is 5.33. The largest absolute Gasteiger partial charge is 0.508 e. The minimum absolute atomic E-state index is 0.00500. The Labute approximate surface area is 186 Å². The van der Waals surface area contributed by atoms with Crippen molar-refractivity contribution in [3.8, 4) is 11.5 Å². The monoisotopic (exact) mass is 492 g/mol. The van der Waals surface area contributed by atoms with Gasteiger partial charge in [0.25, 0.3) is 10.1 Å². The van der Waals surface area contributed by atoms with Crippen LogP contribution in [0.2, 0.25) is 20.1 Å². The first-order valence-corrected chi connectivity index (χ1v) is 10.8. The van der Waals surface area contributed by atoms with Gasteiger partial charge in [-0.05, 0) is 47.5 Å². The Kier molecular flexibility index (Phi) is 5.98. The lowest BCUT2D eigenvalue weighted by Crippen LogP contribution is -2.38. The van der Waals surface area contributed by atoms with Crippen molar-refractivity contribution in [2.75, 3.05) is 0 Å². The number of phenolic OH excluding ortho intramolecular Hbond substituents is 2. The highest BCUT2D eigenvalue weighted by Gasteiger charge is 2.50. The topological polar surface area (TPSA) is 94.8 Å². The number of para-hydroxylation sites is 1. The molecule has 0 amide bonds. The Morgan fingerprint density at radius 1 is 0.793 bits per heavy atom. The van der Waals surface area contributed by atoms with Gasteiger partial charge in [-0.15, -0.1) is 0 Å². The van der Waals surface area contributed by atoms with Gasteiger partial charge in [0.05, 0.1) is 15.1 Å². The maximum Gasteiger partial charge on any atom is 0.283 e. The van der Waals surface area contributed by atoms with Crippen LogP contribution in [0.15, 0.2) is 54.6 Å². The number of hydrogen-bond acceptors (Lipinski definition) is 4. The lowest BCUT2D eigenvalue weighted by molar-refractivity contribution is 0.439. The molecule has 1 atom stereocenters. The zero-order valence-corrected chi connectivity index (χ0v) is 18.1. The molecule has 0 fully saturated rings.